The minimum absolute atomic E-state index is 0.208. The summed E-state index contributed by atoms with van der Waals surface area (Å²) in [6.07, 6.45) is 2.22. The molecule has 1 fully saturated rings. The molecule has 22 heavy (non-hydrogen) atoms. The Labute approximate surface area is 133 Å². The van der Waals surface area contributed by atoms with Crippen molar-refractivity contribution in [3.05, 3.63) is 49.6 Å². The van der Waals surface area contributed by atoms with E-state index in [1.165, 1.54) is 9.56 Å². The highest BCUT2D eigenvalue weighted by atomic mass is 32.1. The molecule has 0 aromatic carbocycles. The van der Waals surface area contributed by atoms with E-state index in [4.69, 9.17) is 0 Å². The van der Waals surface area contributed by atoms with Gasteiger partial charge < -0.3 is 0 Å². The second kappa shape index (κ2) is 6.03. The number of rotatable bonds is 3. The monoisotopic (exact) mass is 314 g/mol. The fourth-order valence-corrected chi connectivity index (χ4v) is 3.87. The van der Waals surface area contributed by atoms with Gasteiger partial charge in [0.1, 0.15) is 11.6 Å². The van der Waals surface area contributed by atoms with Gasteiger partial charge in [-0.1, -0.05) is 6.07 Å². The molecule has 1 aliphatic rings. The molecule has 5 nitrogen and oxygen atoms in total. The van der Waals surface area contributed by atoms with Crippen LogP contribution in [0.5, 0.6) is 0 Å². The average Bonchev–Trinajstić information content (AvgIpc) is 3.16. The van der Waals surface area contributed by atoms with E-state index in [1.807, 2.05) is 13.0 Å². The molecular weight excluding hydrogens is 296 g/mol. The normalized spacial score (nSPS) is 18.5. The fraction of sp³-hybridized carbons (Fsp3) is 0.438. The number of hydrogen-bond acceptors (Lipinski definition) is 5. The summed E-state index contributed by atoms with van der Waals surface area (Å²) < 4.78 is 1.44. The summed E-state index contributed by atoms with van der Waals surface area (Å²) in [4.78, 5) is 16.0. The summed E-state index contributed by atoms with van der Waals surface area (Å²) in [6.45, 7) is 5.01. The molecule has 0 unspecified atom stereocenters. The molecule has 0 amide bonds. The highest BCUT2D eigenvalue weighted by Crippen LogP contribution is 2.34. The lowest BCUT2D eigenvalue weighted by Gasteiger charge is -2.24. The number of nitriles is 1. The minimum Gasteiger partial charge on any atom is -0.276 e. The Balaban J connectivity index is 1.92. The molecule has 6 heteroatoms. The van der Waals surface area contributed by atoms with Gasteiger partial charge in [0.15, 0.2) is 0 Å². The van der Waals surface area contributed by atoms with Crippen LogP contribution in [0.15, 0.2) is 22.3 Å². The third-order valence-electron chi connectivity index (χ3n) is 4.30. The third kappa shape index (κ3) is 2.58. The molecule has 2 aromatic heterocycles. The van der Waals surface area contributed by atoms with Gasteiger partial charge in [0.25, 0.3) is 5.56 Å². The van der Waals surface area contributed by atoms with E-state index in [2.05, 4.69) is 27.5 Å². The van der Waals surface area contributed by atoms with Gasteiger partial charge in [-0.25, -0.2) is 4.68 Å². The first-order valence-electron chi connectivity index (χ1n) is 7.37. The minimum atomic E-state index is -0.289. The standard InChI is InChI=1S/C16H18N4OS/c1-11-12(2)18-20(16(21)13(11)9-17)10-19-7-3-5-14(19)15-6-4-8-22-15/h4,6,8,14H,3,5,7,10H2,1-2H3/t14-/m0/s1. The number of aryl methyl sites for hydroxylation is 1. The lowest BCUT2D eigenvalue weighted by molar-refractivity contribution is 0.188. The predicted molar refractivity (Wildman–Crippen MR) is 85.7 cm³/mol. The topological polar surface area (TPSA) is 61.9 Å². The van der Waals surface area contributed by atoms with Crippen LogP contribution in [0.1, 0.15) is 40.6 Å². The van der Waals surface area contributed by atoms with E-state index in [1.54, 1.807) is 18.3 Å². The maximum absolute atomic E-state index is 12.4. The van der Waals surface area contributed by atoms with Crippen molar-refractivity contribution in [3.8, 4) is 6.07 Å². The zero-order valence-electron chi connectivity index (χ0n) is 12.7. The summed E-state index contributed by atoms with van der Waals surface area (Å²) in [5.74, 6) is 0. The van der Waals surface area contributed by atoms with Crippen molar-refractivity contribution in [1.82, 2.24) is 14.7 Å². The Kier molecular flexibility index (Phi) is 4.10. The van der Waals surface area contributed by atoms with Crippen molar-refractivity contribution < 1.29 is 0 Å². The largest absolute Gasteiger partial charge is 0.286 e. The first-order valence-corrected chi connectivity index (χ1v) is 8.25. The van der Waals surface area contributed by atoms with E-state index in [9.17, 15) is 10.1 Å². The number of likely N-dealkylation sites (tertiary alicyclic amines) is 1. The van der Waals surface area contributed by atoms with Gasteiger partial charge in [0, 0.05) is 17.5 Å². The molecule has 0 aliphatic carbocycles. The highest BCUT2D eigenvalue weighted by Gasteiger charge is 2.27. The molecule has 1 atom stereocenters. The van der Waals surface area contributed by atoms with E-state index in [-0.39, 0.29) is 11.1 Å². The van der Waals surface area contributed by atoms with Crippen molar-refractivity contribution >= 4 is 11.3 Å². The van der Waals surface area contributed by atoms with Gasteiger partial charge in [-0.15, -0.1) is 11.3 Å². The summed E-state index contributed by atoms with van der Waals surface area (Å²) in [6, 6.07) is 6.57. The number of aromatic nitrogens is 2. The van der Waals surface area contributed by atoms with Gasteiger partial charge in [0.2, 0.25) is 0 Å². The Hall–Kier alpha value is -1.97. The fourth-order valence-electron chi connectivity index (χ4n) is 2.97. The van der Waals surface area contributed by atoms with E-state index >= 15 is 0 Å². The smallest absolute Gasteiger partial charge is 0.276 e. The molecule has 0 N–H and O–H groups in total. The van der Waals surface area contributed by atoms with Gasteiger partial charge >= 0.3 is 0 Å². The van der Waals surface area contributed by atoms with Crippen LogP contribution in [0.25, 0.3) is 0 Å². The van der Waals surface area contributed by atoms with Crippen molar-refractivity contribution in [2.24, 2.45) is 0 Å². The number of nitrogens with zero attached hydrogens (tertiary/aromatic N) is 4. The lowest BCUT2D eigenvalue weighted by Crippen LogP contribution is -2.35. The number of thiophene rings is 1. The Morgan fingerprint density at radius 2 is 2.32 bits per heavy atom. The molecule has 1 saturated heterocycles. The molecular formula is C16H18N4OS. The summed E-state index contributed by atoms with van der Waals surface area (Å²) in [5.41, 5.74) is 1.34. The van der Waals surface area contributed by atoms with E-state index in [0.29, 0.717) is 18.3 Å². The van der Waals surface area contributed by atoms with Crippen molar-refractivity contribution in [3.63, 3.8) is 0 Å². The predicted octanol–water partition coefficient (Wildman–Crippen LogP) is 2.59. The summed E-state index contributed by atoms with van der Waals surface area (Å²) in [7, 11) is 0. The van der Waals surface area contributed by atoms with Crippen molar-refractivity contribution in [2.45, 2.75) is 39.4 Å². The lowest BCUT2D eigenvalue weighted by atomic mass is 10.1. The maximum Gasteiger partial charge on any atom is 0.286 e. The SMILES string of the molecule is Cc1nn(CN2CCC[C@H]2c2cccs2)c(=O)c(C#N)c1C. The Morgan fingerprint density at radius 3 is 3.00 bits per heavy atom. The first kappa shape index (κ1) is 14.9. The Morgan fingerprint density at radius 1 is 1.50 bits per heavy atom. The molecule has 0 saturated carbocycles. The van der Waals surface area contributed by atoms with Crippen LogP contribution in [0, 0.1) is 25.2 Å². The zero-order chi connectivity index (χ0) is 15.7. The second-order valence-corrected chi connectivity index (χ2v) is 6.61. The molecule has 114 valence electrons. The number of hydrogen-bond donors (Lipinski definition) is 0. The highest BCUT2D eigenvalue weighted by molar-refractivity contribution is 7.10. The van der Waals surface area contributed by atoms with Crippen molar-refractivity contribution in [1.29, 1.82) is 5.26 Å². The molecule has 1 aliphatic heterocycles. The van der Waals surface area contributed by atoms with Crippen molar-refractivity contribution in [2.75, 3.05) is 6.54 Å². The first-order chi connectivity index (χ1) is 10.6. The summed E-state index contributed by atoms with van der Waals surface area (Å²) in [5, 5.41) is 15.7. The maximum atomic E-state index is 12.4. The Bertz CT molecular complexity index is 773. The van der Waals surface area contributed by atoms with Gasteiger partial charge in [-0.2, -0.15) is 10.4 Å². The molecule has 0 bridgehead atoms. The second-order valence-electron chi connectivity index (χ2n) is 5.63. The van der Waals surface area contributed by atoms with Crippen LogP contribution in [0.3, 0.4) is 0 Å². The van der Waals surface area contributed by atoms with E-state index in [0.717, 1.165) is 25.1 Å². The van der Waals surface area contributed by atoms with E-state index < -0.39 is 0 Å². The molecule has 2 aromatic rings. The van der Waals surface area contributed by atoms with Gasteiger partial charge in [0.05, 0.1) is 12.4 Å². The van der Waals surface area contributed by atoms with Crippen LogP contribution in [-0.2, 0) is 6.67 Å². The van der Waals surface area contributed by atoms with Crippen LogP contribution in [0.2, 0.25) is 0 Å². The molecule has 3 rings (SSSR count). The third-order valence-corrected chi connectivity index (χ3v) is 5.27. The average molecular weight is 314 g/mol. The zero-order valence-corrected chi connectivity index (χ0v) is 13.6. The molecule has 0 radical (unpaired) electrons. The van der Waals surface area contributed by atoms with Crippen LogP contribution in [-0.4, -0.2) is 21.2 Å². The quantitative estimate of drug-likeness (QED) is 0.873. The van der Waals surface area contributed by atoms with Gasteiger partial charge in [-0.05, 0) is 43.7 Å². The van der Waals surface area contributed by atoms with Crippen LogP contribution < -0.4 is 5.56 Å². The molecule has 3 heterocycles. The summed E-state index contributed by atoms with van der Waals surface area (Å²) >= 11 is 1.75. The van der Waals surface area contributed by atoms with Crippen LogP contribution in [0.4, 0.5) is 0 Å². The van der Waals surface area contributed by atoms with Gasteiger partial charge in [-0.3, -0.25) is 9.69 Å². The van der Waals surface area contributed by atoms with Crippen LogP contribution >= 0.6 is 11.3 Å². The molecule has 0 spiro atoms.